The molecule has 0 aromatic heterocycles. The van der Waals surface area contributed by atoms with Gasteiger partial charge in [-0.2, -0.15) is 0 Å². The van der Waals surface area contributed by atoms with E-state index in [1.54, 1.807) is 6.07 Å². The van der Waals surface area contributed by atoms with Crippen LogP contribution in [-0.4, -0.2) is 21.9 Å². The largest absolute Gasteiger partial charge is 0.399 e. The molecule has 0 amide bonds. The summed E-state index contributed by atoms with van der Waals surface area (Å²) in [5.41, 5.74) is 6.43. The number of fused-ring (bicyclic) bond motifs is 1. The Kier molecular flexibility index (Phi) is 1.37. The minimum atomic E-state index is -2.49. The van der Waals surface area contributed by atoms with Crippen molar-refractivity contribution in [3.8, 4) is 0 Å². The Balaban J connectivity index is 2.57. The van der Waals surface area contributed by atoms with Gasteiger partial charge in [0.05, 0.1) is 5.56 Å². The summed E-state index contributed by atoms with van der Waals surface area (Å²) in [7, 11) is 0. The molecule has 13 heavy (non-hydrogen) atoms. The molecular formula is C8H8N2O3. The predicted molar refractivity (Wildman–Crippen MR) is 46.0 cm³/mol. The van der Waals surface area contributed by atoms with E-state index >= 15 is 0 Å². The molecule has 0 saturated heterocycles. The number of Topliss-reactive ketones (excluding diaryl/α,β-unsaturated/α-hetero) is 1. The topological polar surface area (TPSA) is 95.6 Å². The summed E-state index contributed by atoms with van der Waals surface area (Å²) in [6.07, 6.45) is 0. The number of benzene rings is 1. The number of nitrogens with one attached hydrogen (secondary N) is 1. The van der Waals surface area contributed by atoms with E-state index in [4.69, 9.17) is 15.9 Å². The average Bonchev–Trinajstić information content (AvgIpc) is 2.26. The zero-order chi connectivity index (χ0) is 9.64. The molecule has 5 nitrogen and oxygen atoms in total. The molecule has 0 bridgehead atoms. The Hall–Kier alpha value is -1.59. The molecular weight excluding hydrogens is 172 g/mol. The van der Waals surface area contributed by atoms with Gasteiger partial charge in [-0.05, 0) is 18.2 Å². The molecule has 68 valence electrons. The van der Waals surface area contributed by atoms with Crippen molar-refractivity contribution in [1.82, 2.24) is 0 Å². The average molecular weight is 180 g/mol. The van der Waals surface area contributed by atoms with E-state index in [1.165, 1.54) is 12.1 Å². The molecule has 1 aliphatic rings. The standard InChI is InChI=1S/C8H8N2O3/c9-4-1-2-6-5(3-4)7(11)8(12,13)10-6/h1-3,10,12-13H,9H2. The Morgan fingerprint density at radius 3 is 2.77 bits per heavy atom. The number of carbonyl (C=O) groups excluding carboxylic acids is 1. The third-order valence-electron chi connectivity index (χ3n) is 1.91. The first kappa shape index (κ1) is 8.03. The number of ketones is 1. The first-order valence-corrected chi connectivity index (χ1v) is 3.68. The van der Waals surface area contributed by atoms with E-state index in [2.05, 4.69) is 5.32 Å². The van der Waals surface area contributed by atoms with Gasteiger partial charge in [0.1, 0.15) is 0 Å². The molecule has 0 unspecified atom stereocenters. The monoisotopic (exact) mass is 180 g/mol. The normalized spacial score (nSPS) is 18.2. The van der Waals surface area contributed by atoms with Crippen molar-refractivity contribution in [1.29, 1.82) is 0 Å². The summed E-state index contributed by atoms with van der Waals surface area (Å²) in [4.78, 5) is 11.3. The van der Waals surface area contributed by atoms with Gasteiger partial charge in [-0.3, -0.25) is 4.79 Å². The third kappa shape index (κ3) is 1.06. The number of nitrogens with two attached hydrogens (primary N) is 1. The van der Waals surface area contributed by atoms with Crippen LogP contribution >= 0.6 is 0 Å². The van der Waals surface area contributed by atoms with Crippen molar-refractivity contribution in [3.63, 3.8) is 0 Å². The number of rotatable bonds is 0. The molecule has 2 rings (SSSR count). The highest BCUT2D eigenvalue weighted by Crippen LogP contribution is 2.30. The second-order valence-corrected chi connectivity index (χ2v) is 2.93. The first-order valence-electron chi connectivity index (χ1n) is 3.68. The summed E-state index contributed by atoms with van der Waals surface area (Å²) in [5, 5.41) is 20.5. The molecule has 0 aliphatic carbocycles. The lowest BCUT2D eigenvalue weighted by molar-refractivity contribution is -0.0946. The van der Waals surface area contributed by atoms with E-state index in [-0.39, 0.29) is 5.56 Å². The van der Waals surface area contributed by atoms with E-state index in [0.717, 1.165) is 0 Å². The molecule has 1 heterocycles. The fraction of sp³-hybridized carbons (Fsp3) is 0.125. The van der Waals surface area contributed by atoms with E-state index in [9.17, 15) is 4.79 Å². The third-order valence-corrected chi connectivity index (χ3v) is 1.91. The lowest BCUT2D eigenvalue weighted by Crippen LogP contribution is -2.40. The zero-order valence-electron chi connectivity index (χ0n) is 6.61. The van der Waals surface area contributed by atoms with E-state index < -0.39 is 11.7 Å². The number of nitrogen functional groups attached to an aromatic ring is 1. The zero-order valence-corrected chi connectivity index (χ0v) is 6.61. The van der Waals surface area contributed by atoms with Gasteiger partial charge in [-0.15, -0.1) is 0 Å². The van der Waals surface area contributed by atoms with Crippen LogP contribution in [-0.2, 0) is 0 Å². The fourth-order valence-electron chi connectivity index (χ4n) is 1.29. The summed E-state index contributed by atoms with van der Waals surface area (Å²) < 4.78 is 0. The van der Waals surface area contributed by atoms with Crippen LogP contribution in [0.25, 0.3) is 0 Å². The van der Waals surface area contributed by atoms with Gasteiger partial charge in [0, 0.05) is 11.4 Å². The number of anilines is 2. The maximum Gasteiger partial charge on any atom is 0.312 e. The highest BCUT2D eigenvalue weighted by Gasteiger charge is 2.42. The molecule has 1 aromatic carbocycles. The van der Waals surface area contributed by atoms with E-state index in [1.807, 2.05) is 0 Å². The Labute approximate surface area is 73.8 Å². The van der Waals surface area contributed by atoms with Crippen LogP contribution in [0.1, 0.15) is 10.4 Å². The molecule has 0 radical (unpaired) electrons. The number of hydrogen-bond donors (Lipinski definition) is 4. The van der Waals surface area contributed by atoms with Crippen LogP contribution in [0.4, 0.5) is 11.4 Å². The van der Waals surface area contributed by atoms with Gasteiger partial charge >= 0.3 is 5.91 Å². The first-order chi connectivity index (χ1) is 6.00. The molecule has 1 aliphatic heterocycles. The Morgan fingerprint density at radius 2 is 2.08 bits per heavy atom. The second kappa shape index (κ2) is 2.21. The fourth-order valence-corrected chi connectivity index (χ4v) is 1.29. The summed E-state index contributed by atoms with van der Waals surface area (Å²) in [6, 6.07) is 4.50. The smallest absolute Gasteiger partial charge is 0.312 e. The predicted octanol–water partition coefficient (Wildman–Crippen LogP) is -0.485. The van der Waals surface area contributed by atoms with Crippen molar-refractivity contribution in [2.45, 2.75) is 5.91 Å². The number of carbonyl (C=O) groups is 1. The molecule has 0 saturated carbocycles. The van der Waals surface area contributed by atoms with Gasteiger partial charge in [-0.1, -0.05) is 0 Å². The van der Waals surface area contributed by atoms with E-state index in [0.29, 0.717) is 11.4 Å². The summed E-state index contributed by atoms with van der Waals surface area (Å²) in [5.74, 6) is -3.27. The minimum Gasteiger partial charge on any atom is -0.399 e. The van der Waals surface area contributed by atoms with Crippen molar-refractivity contribution in [2.75, 3.05) is 11.1 Å². The van der Waals surface area contributed by atoms with Crippen molar-refractivity contribution in [2.24, 2.45) is 0 Å². The van der Waals surface area contributed by atoms with Crippen molar-refractivity contribution >= 4 is 17.2 Å². The van der Waals surface area contributed by atoms with Crippen molar-refractivity contribution < 1.29 is 15.0 Å². The Bertz CT molecular complexity index is 387. The molecule has 0 spiro atoms. The number of aliphatic hydroxyl groups is 2. The maximum atomic E-state index is 11.3. The van der Waals surface area contributed by atoms with Gasteiger partial charge in [-0.25, -0.2) is 0 Å². The lowest BCUT2D eigenvalue weighted by atomic mass is 10.1. The lowest BCUT2D eigenvalue weighted by Gasteiger charge is -2.12. The highest BCUT2D eigenvalue weighted by atomic mass is 16.5. The highest BCUT2D eigenvalue weighted by molar-refractivity contribution is 6.11. The molecule has 5 heteroatoms. The number of hydrogen-bond acceptors (Lipinski definition) is 5. The van der Waals surface area contributed by atoms with Crippen LogP contribution < -0.4 is 11.1 Å². The van der Waals surface area contributed by atoms with Crippen LogP contribution in [0.15, 0.2) is 18.2 Å². The van der Waals surface area contributed by atoms with Gasteiger partial charge < -0.3 is 21.3 Å². The van der Waals surface area contributed by atoms with Gasteiger partial charge in [0.2, 0.25) is 5.78 Å². The molecule has 0 fully saturated rings. The SMILES string of the molecule is Nc1ccc2c(c1)C(=O)C(O)(O)N2. The van der Waals surface area contributed by atoms with Crippen molar-refractivity contribution in [3.05, 3.63) is 23.8 Å². The molecule has 5 N–H and O–H groups in total. The molecule has 1 aromatic rings. The summed E-state index contributed by atoms with van der Waals surface area (Å²) >= 11 is 0. The quantitative estimate of drug-likeness (QED) is 0.319. The van der Waals surface area contributed by atoms with Crippen LogP contribution in [0.3, 0.4) is 0 Å². The van der Waals surface area contributed by atoms with Gasteiger partial charge in [0.15, 0.2) is 0 Å². The second-order valence-electron chi connectivity index (χ2n) is 2.93. The van der Waals surface area contributed by atoms with Crippen LogP contribution in [0, 0.1) is 0 Å². The van der Waals surface area contributed by atoms with Crippen LogP contribution in [0.2, 0.25) is 0 Å². The minimum absolute atomic E-state index is 0.199. The van der Waals surface area contributed by atoms with Gasteiger partial charge in [0.25, 0.3) is 0 Å². The Morgan fingerprint density at radius 1 is 1.38 bits per heavy atom. The maximum absolute atomic E-state index is 11.3. The molecule has 0 atom stereocenters. The summed E-state index contributed by atoms with van der Waals surface area (Å²) in [6.45, 7) is 0. The van der Waals surface area contributed by atoms with Crippen LogP contribution in [0.5, 0.6) is 0 Å².